The number of nitro benzene ring substituents is 1. The summed E-state index contributed by atoms with van der Waals surface area (Å²) in [5.74, 6) is 0. The second kappa shape index (κ2) is 3.94. The lowest BCUT2D eigenvalue weighted by molar-refractivity contribution is -0.383. The topological polar surface area (TPSA) is 69.2 Å². The van der Waals surface area contributed by atoms with E-state index < -0.39 is 4.92 Å². The van der Waals surface area contributed by atoms with Crippen LogP contribution in [0.5, 0.6) is 0 Å². The first kappa shape index (κ1) is 10.6. The molecule has 0 aliphatic carbocycles. The highest BCUT2D eigenvalue weighted by Gasteiger charge is 2.19. The third-order valence-electron chi connectivity index (χ3n) is 2.26. The van der Waals surface area contributed by atoms with Gasteiger partial charge in [0.1, 0.15) is 5.69 Å². The summed E-state index contributed by atoms with van der Waals surface area (Å²) in [6.07, 6.45) is 0. The average Bonchev–Trinajstić information content (AvgIpc) is 2.63. The van der Waals surface area contributed by atoms with Crippen LogP contribution in [0.15, 0.2) is 30.3 Å². The van der Waals surface area contributed by atoms with Gasteiger partial charge in [-0.25, -0.2) is 0 Å². The van der Waals surface area contributed by atoms with Gasteiger partial charge in [0, 0.05) is 9.75 Å². The Bertz CT molecular complexity index is 549. The molecular formula is C11H10N2O2S. The fourth-order valence-electron chi connectivity index (χ4n) is 1.54. The zero-order valence-corrected chi connectivity index (χ0v) is 9.45. The molecule has 16 heavy (non-hydrogen) atoms. The van der Waals surface area contributed by atoms with Gasteiger partial charge < -0.3 is 5.73 Å². The normalized spacial score (nSPS) is 10.3. The van der Waals surface area contributed by atoms with E-state index in [2.05, 4.69) is 0 Å². The van der Waals surface area contributed by atoms with Gasteiger partial charge in [-0.1, -0.05) is 6.07 Å². The maximum atomic E-state index is 11.0. The molecule has 2 aromatic rings. The van der Waals surface area contributed by atoms with Crippen molar-refractivity contribution in [3.05, 3.63) is 45.3 Å². The fourth-order valence-corrected chi connectivity index (χ4v) is 2.44. The van der Waals surface area contributed by atoms with E-state index in [4.69, 9.17) is 5.73 Å². The molecule has 1 aromatic heterocycles. The molecule has 0 aliphatic heterocycles. The minimum absolute atomic E-state index is 0.00986. The lowest BCUT2D eigenvalue weighted by Crippen LogP contribution is -1.97. The summed E-state index contributed by atoms with van der Waals surface area (Å²) in [6.45, 7) is 1.96. The van der Waals surface area contributed by atoms with Gasteiger partial charge >= 0.3 is 5.69 Å². The summed E-state index contributed by atoms with van der Waals surface area (Å²) < 4.78 is 0. The van der Waals surface area contributed by atoms with Crippen LogP contribution in [0.3, 0.4) is 0 Å². The van der Waals surface area contributed by atoms with Gasteiger partial charge in [-0.05, 0) is 31.2 Å². The van der Waals surface area contributed by atoms with Crippen molar-refractivity contribution >= 4 is 22.7 Å². The minimum atomic E-state index is -0.431. The van der Waals surface area contributed by atoms with Crippen LogP contribution in [0.1, 0.15) is 4.88 Å². The molecule has 0 aliphatic rings. The molecule has 1 heterocycles. The van der Waals surface area contributed by atoms with Crippen LogP contribution in [0.25, 0.3) is 10.4 Å². The van der Waals surface area contributed by atoms with Crippen LogP contribution in [0, 0.1) is 17.0 Å². The van der Waals surface area contributed by atoms with Gasteiger partial charge in [0.05, 0.1) is 10.5 Å². The number of hydrogen-bond acceptors (Lipinski definition) is 4. The summed E-state index contributed by atoms with van der Waals surface area (Å²) >= 11 is 1.52. The van der Waals surface area contributed by atoms with Gasteiger partial charge in [0.2, 0.25) is 0 Å². The van der Waals surface area contributed by atoms with Crippen LogP contribution < -0.4 is 5.73 Å². The molecular weight excluding hydrogens is 224 g/mol. The first-order valence-corrected chi connectivity index (χ1v) is 5.51. The summed E-state index contributed by atoms with van der Waals surface area (Å²) in [4.78, 5) is 12.5. The number of nitrogens with zero attached hydrogens (tertiary/aromatic N) is 1. The molecule has 0 fully saturated rings. The molecule has 1 aromatic carbocycles. The molecule has 0 amide bonds. The van der Waals surface area contributed by atoms with E-state index in [1.54, 1.807) is 18.2 Å². The third-order valence-corrected chi connectivity index (χ3v) is 3.29. The van der Waals surface area contributed by atoms with Crippen molar-refractivity contribution in [1.82, 2.24) is 0 Å². The summed E-state index contributed by atoms with van der Waals surface area (Å²) in [6, 6.07) is 8.81. The number of nitro groups is 1. The Hall–Kier alpha value is -1.88. The number of para-hydroxylation sites is 1. The van der Waals surface area contributed by atoms with Crippen molar-refractivity contribution in [2.75, 3.05) is 5.73 Å². The highest BCUT2D eigenvalue weighted by molar-refractivity contribution is 7.15. The van der Waals surface area contributed by atoms with Crippen molar-refractivity contribution in [3.63, 3.8) is 0 Å². The molecule has 82 valence electrons. The van der Waals surface area contributed by atoms with Crippen molar-refractivity contribution in [3.8, 4) is 10.4 Å². The number of anilines is 1. The van der Waals surface area contributed by atoms with E-state index in [1.807, 2.05) is 19.1 Å². The highest BCUT2D eigenvalue weighted by Crippen LogP contribution is 2.37. The monoisotopic (exact) mass is 234 g/mol. The quantitative estimate of drug-likeness (QED) is 0.492. The number of aryl methyl sites for hydroxylation is 1. The number of rotatable bonds is 2. The van der Waals surface area contributed by atoms with Crippen molar-refractivity contribution in [2.45, 2.75) is 6.92 Å². The largest absolute Gasteiger partial charge is 0.393 e. The zero-order valence-electron chi connectivity index (χ0n) is 8.64. The summed E-state index contributed by atoms with van der Waals surface area (Å²) in [7, 11) is 0. The Labute approximate surface area is 96.5 Å². The minimum Gasteiger partial charge on any atom is -0.393 e. The Kier molecular flexibility index (Phi) is 2.62. The second-order valence-electron chi connectivity index (χ2n) is 3.41. The summed E-state index contributed by atoms with van der Waals surface area (Å²) in [5.41, 5.74) is 6.41. The molecule has 0 bridgehead atoms. The molecule has 2 rings (SSSR count). The number of nitrogen functional groups attached to an aromatic ring is 1. The highest BCUT2D eigenvalue weighted by atomic mass is 32.1. The third kappa shape index (κ3) is 1.77. The average molecular weight is 234 g/mol. The fraction of sp³-hybridized carbons (Fsp3) is 0.0909. The molecule has 0 saturated heterocycles. The number of nitrogens with two attached hydrogens (primary N) is 1. The lowest BCUT2D eigenvalue weighted by Gasteiger charge is -2.02. The van der Waals surface area contributed by atoms with Crippen molar-refractivity contribution < 1.29 is 4.92 Å². The molecule has 2 N–H and O–H groups in total. The van der Waals surface area contributed by atoms with Gasteiger partial charge in [-0.2, -0.15) is 0 Å². The first-order valence-electron chi connectivity index (χ1n) is 4.69. The van der Waals surface area contributed by atoms with Gasteiger partial charge in [0.25, 0.3) is 0 Å². The molecule has 0 spiro atoms. The standard InChI is InChI=1S/C11H10N2O2S/c1-7-5-6-10(16-7)8-3-2-4-9(12)11(8)13(14)15/h2-6H,12H2,1H3. The molecule has 0 radical (unpaired) electrons. The predicted octanol–water partition coefficient (Wildman–Crippen LogP) is 3.21. The Morgan fingerprint density at radius 3 is 2.62 bits per heavy atom. The van der Waals surface area contributed by atoms with Gasteiger partial charge in [-0.15, -0.1) is 11.3 Å². The number of thiophene rings is 1. The zero-order chi connectivity index (χ0) is 11.7. The SMILES string of the molecule is Cc1ccc(-c2cccc(N)c2[N+](=O)[O-])s1. The number of benzene rings is 1. The second-order valence-corrected chi connectivity index (χ2v) is 4.70. The lowest BCUT2D eigenvalue weighted by atomic mass is 10.1. The summed E-state index contributed by atoms with van der Waals surface area (Å²) in [5, 5.41) is 11.0. The van der Waals surface area contributed by atoms with Gasteiger partial charge in [0.15, 0.2) is 0 Å². The van der Waals surface area contributed by atoms with Crippen LogP contribution >= 0.6 is 11.3 Å². The van der Waals surface area contributed by atoms with Crippen molar-refractivity contribution in [1.29, 1.82) is 0 Å². The van der Waals surface area contributed by atoms with E-state index in [0.717, 1.165) is 9.75 Å². The molecule has 4 nitrogen and oxygen atoms in total. The van der Waals surface area contributed by atoms with E-state index in [1.165, 1.54) is 11.3 Å². The van der Waals surface area contributed by atoms with E-state index >= 15 is 0 Å². The molecule has 0 saturated carbocycles. The Morgan fingerprint density at radius 1 is 1.31 bits per heavy atom. The predicted molar refractivity (Wildman–Crippen MR) is 65.6 cm³/mol. The van der Waals surface area contributed by atoms with Crippen LogP contribution in [0.4, 0.5) is 11.4 Å². The smallest absolute Gasteiger partial charge is 0.300 e. The van der Waals surface area contributed by atoms with E-state index in [-0.39, 0.29) is 11.4 Å². The van der Waals surface area contributed by atoms with Crippen LogP contribution in [-0.4, -0.2) is 4.92 Å². The van der Waals surface area contributed by atoms with E-state index in [9.17, 15) is 10.1 Å². The first-order chi connectivity index (χ1) is 7.59. The van der Waals surface area contributed by atoms with Crippen LogP contribution in [-0.2, 0) is 0 Å². The molecule has 0 unspecified atom stereocenters. The molecule has 5 heteroatoms. The van der Waals surface area contributed by atoms with Crippen molar-refractivity contribution in [2.24, 2.45) is 0 Å². The number of hydrogen-bond donors (Lipinski definition) is 1. The van der Waals surface area contributed by atoms with Gasteiger partial charge in [-0.3, -0.25) is 10.1 Å². The maximum Gasteiger partial charge on any atom is 0.300 e. The van der Waals surface area contributed by atoms with E-state index in [0.29, 0.717) is 5.56 Å². The van der Waals surface area contributed by atoms with Crippen LogP contribution in [0.2, 0.25) is 0 Å². The Balaban J connectivity index is 2.65. The Morgan fingerprint density at radius 2 is 2.06 bits per heavy atom. The molecule has 0 atom stereocenters. The maximum absolute atomic E-state index is 11.0.